The highest BCUT2D eigenvalue weighted by atomic mass is 35.5. The van der Waals surface area contributed by atoms with Gasteiger partial charge in [-0.15, -0.1) is 11.3 Å². The number of carbonyl (C=O) groups is 1. The molecule has 0 N–H and O–H groups in total. The van der Waals surface area contributed by atoms with Crippen molar-refractivity contribution in [1.29, 1.82) is 0 Å². The normalized spacial score (nSPS) is 10.1. The number of halogens is 1. The van der Waals surface area contributed by atoms with Gasteiger partial charge in [0.25, 0.3) is 0 Å². The third kappa shape index (κ3) is 1.84. The fraction of sp³-hybridized carbons (Fsp3) is 0. The Morgan fingerprint density at radius 2 is 2.29 bits per heavy atom. The number of aromatic nitrogens is 1. The molecule has 0 saturated carbocycles. The third-order valence-corrected chi connectivity index (χ3v) is 2.81. The van der Waals surface area contributed by atoms with Crippen LogP contribution >= 0.6 is 22.9 Å². The van der Waals surface area contributed by atoms with Crippen LogP contribution in [0.5, 0.6) is 0 Å². The predicted octanol–water partition coefficient (Wildman–Crippen LogP) is 3.03. The largest absolute Gasteiger partial charge is 0.288 e. The molecular formula is C10H6ClNOS. The Balaban J connectivity index is 2.37. The first-order valence-electron chi connectivity index (χ1n) is 3.97. The highest BCUT2D eigenvalue weighted by Crippen LogP contribution is 2.16. The van der Waals surface area contributed by atoms with Crippen LogP contribution in [0.2, 0.25) is 5.15 Å². The number of thiophene rings is 1. The molecule has 0 atom stereocenters. The predicted molar refractivity (Wildman–Crippen MR) is 57.0 cm³/mol. The van der Waals surface area contributed by atoms with Crippen LogP contribution in [-0.4, -0.2) is 10.8 Å². The van der Waals surface area contributed by atoms with E-state index in [-0.39, 0.29) is 5.78 Å². The zero-order valence-electron chi connectivity index (χ0n) is 7.11. The molecule has 0 fully saturated rings. The average Bonchev–Trinajstić information content (AvgIpc) is 2.69. The van der Waals surface area contributed by atoms with Gasteiger partial charge in [-0.25, -0.2) is 4.98 Å². The maximum Gasteiger partial charge on any atom is 0.203 e. The fourth-order valence-corrected chi connectivity index (χ4v) is 1.95. The highest BCUT2D eigenvalue weighted by Gasteiger charge is 2.09. The number of ketones is 1. The van der Waals surface area contributed by atoms with Gasteiger partial charge in [0.2, 0.25) is 5.78 Å². The highest BCUT2D eigenvalue weighted by molar-refractivity contribution is 7.12. The van der Waals surface area contributed by atoms with Crippen molar-refractivity contribution in [2.75, 3.05) is 0 Å². The second-order valence-electron chi connectivity index (χ2n) is 2.67. The van der Waals surface area contributed by atoms with Crippen molar-refractivity contribution in [3.05, 3.63) is 51.4 Å². The van der Waals surface area contributed by atoms with E-state index in [1.54, 1.807) is 18.2 Å². The fourth-order valence-electron chi connectivity index (χ4n) is 1.09. The Labute approximate surface area is 90.2 Å². The standard InChI is InChI=1S/C10H6ClNOS/c11-9-6-7(3-4-12-9)10(13)8-2-1-5-14-8/h1-6H. The minimum absolute atomic E-state index is 0.00991. The SMILES string of the molecule is O=C(c1ccnc(Cl)c1)c1cccs1. The van der Waals surface area contributed by atoms with E-state index in [4.69, 9.17) is 11.6 Å². The zero-order chi connectivity index (χ0) is 9.97. The number of hydrogen-bond donors (Lipinski definition) is 0. The van der Waals surface area contributed by atoms with Crippen LogP contribution in [-0.2, 0) is 0 Å². The van der Waals surface area contributed by atoms with Gasteiger partial charge in [0.15, 0.2) is 0 Å². The molecule has 4 heteroatoms. The van der Waals surface area contributed by atoms with Gasteiger partial charge in [0, 0.05) is 11.8 Å². The van der Waals surface area contributed by atoms with Crippen molar-refractivity contribution in [2.24, 2.45) is 0 Å². The molecule has 0 aliphatic rings. The molecule has 2 aromatic rings. The summed E-state index contributed by atoms with van der Waals surface area (Å²) in [5, 5.41) is 2.21. The molecule has 2 heterocycles. The van der Waals surface area contributed by atoms with E-state index in [0.29, 0.717) is 15.6 Å². The van der Waals surface area contributed by atoms with Crippen LogP contribution in [0, 0.1) is 0 Å². The lowest BCUT2D eigenvalue weighted by Gasteiger charge is -1.97. The van der Waals surface area contributed by atoms with Crippen molar-refractivity contribution in [3.63, 3.8) is 0 Å². The van der Waals surface area contributed by atoms with Crippen LogP contribution in [0.1, 0.15) is 15.2 Å². The number of nitrogens with zero attached hydrogens (tertiary/aromatic N) is 1. The van der Waals surface area contributed by atoms with Gasteiger partial charge < -0.3 is 0 Å². The van der Waals surface area contributed by atoms with Gasteiger partial charge in [0.1, 0.15) is 5.15 Å². The summed E-state index contributed by atoms with van der Waals surface area (Å²) in [5.41, 5.74) is 0.576. The third-order valence-electron chi connectivity index (χ3n) is 1.73. The minimum atomic E-state index is -0.00991. The van der Waals surface area contributed by atoms with E-state index in [9.17, 15) is 4.79 Å². The Morgan fingerprint density at radius 1 is 1.43 bits per heavy atom. The van der Waals surface area contributed by atoms with Crippen LogP contribution in [0.3, 0.4) is 0 Å². The Kier molecular flexibility index (Phi) is 2.61. The van der Waals surface area contributed by atoms with E-state index in [1.807, 2.05) is 11.4 Å². The molecule has 0 spiro atoms. The number of pyridine rings is 1. The van der Waals surface area contributed by atoms with E-state index >= 15 is 0 Å². The molecule has 14 heavy (non-hydrogen) atoms. The van der Waals surface area contributed by atoms with Crippen molar-refractivity contribution in [3.8, 4) is 0 Å². The average molecular weight is 224 g/mol. The molecule has 0 unspecified atom stereocenters. The van der Waals surface area contributed by atoms with Gasteiger partial charge in [-0.3, -0.25) is 4.79 Å². The van der Waals surface area contributed by atoms with Crippen LogP contribution in [0.15, 0.2) is 35.8 Å². The molecule has 0 aliphatic heterocycles. The quantitative estimate of drug-likeness (QED) is 0.579. The number of hydrogen-bond acceptors (Lipinski definition) is 3. The summed E-state index contributed by atoms with van der Waals surface area (Å²) in [6, 6.07) is 6.87. The van der Waals surface area contributed by atoms with Crippen LogP contribution in [0.4, 0.5) is 0 Å². The molecule has 0 saturated heterocycles. The molecule has 70 valence electrons. The maximum atomic E-state index is 11.8. The zero-order valence-corrected chi connectivity index (χ0v) is 8.68. The lowest BCUT2D eigenvalue weighted by molar-refractivity contribution is 0.104. The molecule has 2 aromatic heterocycles. The van der Waals surface area contributed by atoms with Gasteiger partial charge in [0.05, 0.1) is 4.88 Å². The topological polar surface area (TPSA) is 30.0 Å². The molecule has 0 amide bonds. The van der Waals surface area contributed by atoms with Gasteiger partial charge in [-0.05, 0) is 23.6 Å². The van der Waals surface area contributed by atoms with Gasteiger partial charge in [-0.2, -0.15) is 0 Å². The smallest absolute Gasteiger partial charge is 0.203 e. The van der Waals surface area contributed by atoms with E-state index in [0.717, 1.165) is 0 Å². The van der Waals surface area contributed by atoms with Crippen molar-refractivity contribution < 1.29 is 4.79 Å². The molecule has 0 aliphatic carbocycles. The Hall–Kier alpha value is -1.19. The minimum Gasteiger partial charge on any atom is -0.288 e. The first-order valence-corrected chi connectivity index (χ1v) is 5.23. The summed E-state index contributed by atoms with van der Waals surface area (Å²) in [6.07, 6.45) is 1.53. The van der Waals surface area contributed by atoms with Gasteiger partial charge in [-0.1, -0.05) is 17.7 Å². The van der Waals surface area contributed by atoms with Crippen LogP contribution in [0.25, 0.3) is 0 Å². The van der Waals surface area contributed by atoms with Crippen molar-refractivity contribution in [1.82, 2.24) is 4.98 Å². The Bertz CT molecular complexity index is 453. The summed E-state index contributed by atoms with van der Waals surface area (Å²) in [5.74, 6) is -0.00991. The monoisotopic (exact) mass is 223 g/mol. The first kappa shape index (κ1) is 9.37. The summed E-state index contributed by atoms with van der Waals surface area (Å²) < 4.78 is 0. The van der Waals surface area contributed by atoms with Crippen molar-refractivity contribution in [2.45, 2.75) is 0 Å². The molecule has 0 bridgehead atoms. The van der Waals surface area contributed by atoms with E-state index in [1.165, 1.54) is 17.5 Å². The van der Waals surface area contributed by atoms with Gasteiger partial charge >= 0.3 is 0 Å². The summed E-state index contributed by atoms with van der Waals surface area (Å²) >= 11 is 7.11. The van der Waals surface area contributed by atoms with E-state index in [2.05, 4.69) is 4.98 Å². The lowest BCUT2D eigenvalue weighted by atomic mass is 10.1. The van der Waals surface area contributed by atoms with Crippen LogP contribution < -0.4 is 0 Å². The lowest BCUT2D eigenvalue weighted by Crippen LogP contribution is -1.98. The molecule has 0 aromatic carbocycles. The Morgan fingerprint density at radius 3 is 2.93 bits per heavy atom. The number of rotatable bonds is 2. The summed E-state index contributed by atoms with van der Waals surface area (Å²) in [4.78, 5) is 16.3. The maximum absolute atomic E-state index is 11.8. The molecular weight excluding hydrogens is 218 g/mol. The molecule has 0 radical (unpaired) electrons. The summed E-state index contributed by atoms with van der Waals surface area (Å²) in [7, 11) is 0. The van der Waals surface area contributed by atoms with Crippen molar-refractivity contribution >= 4 is 28.7 Å². The second-order valence-corrected chi connectivity index (χ2v) is 4.01. The summed E-state index contributed by atoms with van der Waals surface area (Å²) in [6.45, 7) is 0. The second kappa shape index (κ2) is 3.90. The number of carbonyl (C=O) groups excluding carboxylic acids is 1. The van der Waals surface area contributed by atoms with E-state index < -0.39 is 0 Å². The first-order chi connectivity index (χ1) is 6.77. The molecule has 2 nitrogen and oxygen atoms in total. The molecule has 2 rings (SSSR count).